The minimum absolute atomic E-state index is 0.0499. The molecule has 11 nitrogen and oxygen atoms in total. The minimum atomic E-state index is -1.52. The Morgan fingerprint density at radius 2 is 1.82 bits per heavy atom. The van der Waals surface area contributed by atoms with Crippen LogP contribution in [-0.4, -0.2) is 90.4 Å². The third kappa shape index (κ3) is 6.25. The van der Waals surface area contributed by atoms with Crippen LogP contribution in [0.4, 0.5) is 5.69 Å². The van der Waals surface area contributed by atoms with Crippen LogP contribution in [0.25, 0.3) is 0 Å². The Morgan fingerprint density at radius 3 is 2.50 bits per heavy atom. The zero-order valence-corrected chi connectivity index (χ0v) is 29.4. The van der Waals surface area contributed by atoms with E-state index in [4.69, 9.17) is 25.8 Å². The highest BCUT2D eigenvalue weighted by Gasteiger charge is 2.74. The number of halogens is 1. The highest BCUT2D eigenvalue weighted by Crippen LogP contribution is 2.57. The lowest BCUT2D eigenvalue weighted by Gasteiger charge is -2.40. The van der Waals surface area contributed by atoms with E-state index in [1.165, 1.54) is 16.9 Å². The molecule has 3 amide bonds. The lowest BCUT2D eigenvalue weighted by Crippen LogP contribution is -2.59. The highest BCUT2D eigenvalue weighted by molar-refractivity contribution is 6.34. The van der Waals surface area contributed by atoms with Gasteiger partial charge in [0.25, 0.3) is 5.91 Å². The number of esters is 1. The molecule has 0 aliphatic carbocycles. The van der Waals surface area contributed by atoms with Crippen molar-refractivity contribution in [1.82, 2.24) is 10.2 Å². The average molecular weight is 706 g/mol. The molecule has 2 saturated heterocycles. The number of likely N-dealkylation sites (tertiary alicyclic amines) is 1. The number of amides is 3. The van der Waals surface area contributed by atoms with Gasteiger partial charge in [-0.15, -0.1) is 0 Å². The third-order valence-corrected chi connectivity index (χ3v) is 10.6. The number of aliphatic hydroxyl groups excluding tert-OH is 1. The molecular weight excluding hydrogens is 662 g/mol. The molecule has 12 heteroatoms. The number of ether oxygens (including phenoxy) is 3. The van der Waals surface area contributed by atoms with Crippen molar-refractivity contribution in [3.63, 3.8) is 0 Å². The summed E-state index contributed by atoms with van der Waals surface area (Å²) >= 11 is 6.75. The maximum absolute atomic E-state index is 15.2. The van der Waals surface area contributed by atoms with E-state index in [-0.39, 0.29) is 31.4 Å². The normalized spacial score (nSPS) is 31.2. The van der Waals surface area contributed by atoms with Gasteiger partial charge in [0, 0.05) is 20.1 Å². The van der Waals surface area contributed by atoms with Crippen molar-refractivity contribution in [3.8, 4) is 0 Å². The molecule has 0 unspecified atom stereocenters. The second kappa shape index (κ2) is 14.7. The summed E-state index contributed by atoms with van der Waals surface area (Å²) in [5, 5.41) is 14.0. The van der Waals surface area contributed by atoms with Crippen LogP contribution in [0.1, 0.15) is 43.9 Å². The number of nitrogens with one attached hydrogen (secondary N) is 1. The molecular formula is C38H44ClN3O8. The van der Waals surface area contributed by atoms with Gasteiger partial charge >= 0.3 is 5.97 Å². The van der Waals surface area contributed by atoms with Crippen LogP contribution in [0.2, 0.25) is 5.02 Å². The van der Waals surface area contributed by atoms with Crippen molar-refractivity contribution < 1.29 is 38.5 Å². The van der Waals surface area contributed by atoms with Crippen LogP contribution in [0, 0.1) is 24.7 Å². The monoisotopic (exact) mass is 705 g/mol. The SMILES string of the molecule is COC[C@@H]1NC(=O)CC/C=C\CN(c2c(C)cccc2Cl)C(=O)[C@H]2N([C@@H](CO)C(C)C)C(=O)[C@@H]3[C@@H](C(=O)O[C@H]1c1ccccc1)[C@H]1C=C[C@]32O1. The molecule has 4 aliphatic rings. The number of para-hydroxylation sites is 1. The number of allylic oxidation sites excluding steroid dienone is 1. The summed E-state index contributed by atoms with van der Waals surface area (Å²) in [4.78, 5) is 60.6. The molecule has 2 aromatic carbocycles. The van der Waals surface area contributed by atoms with Gasteiger partial charge in [-0.1, -0.05) is 92.2 Å². The molecule has 5 bridgehead atoms. The van der Waals surface area contributed by atoms with Crippen molar-refractivity contribution in [2.75, 3.05) is 31.8 Å². The van der Waals surface area contributed by atoms with Crippen molar-refractivity contribution in [1.29, 1.82) is 0 Å². The fraction of sp³-hybridized carbons (Fsp3) is 0.474. The van der Waals surface area contributed by atoms with Crippen molar-refractivity contribution in [2.45, 2.75) is 69.5 Å². The number of benzene rings is 2. The Kier molecular flexibility index (Phi) is 10.5. The number of rotatable bonds is 7. The minimum Gasteiger partial charge on any atom is -0.455 e. The van der Waals surface area contributed by atoms with Gasteiger partial charge in [-0.05, 0) is 36.5 Å². The molecule has 4 aliphatic heterocycles. The molecule has 2 fully saturated rings. The van der Waals surface area contributed by atoms with E-state index >= 15 is 4.79 Å². The summed E-state index contributed by atoms with van der Waals surface area (Å²) in [5.41, 5.74) is 0.325. The third-order valence-electron chi connectivity index (χ3n) is 10.3. The second-order valence-corrected chi connectivity index (χ2v) is 14.1. The number of anilines is 1. The fourth-order valence-corrected chi connectivity index (χ4v) is 8.27. The number of cyclic esters (lactones) is 1. The number of hydrogen-bond donors (Lipinski definition) is 2. The highest BCUT2D eigenvalue weighted by atomic mass is 35.5. The van der Waals surface area contributed by atoms with Gasteiger partial charge in [0.15, 0.2) is 0 Å². The molecule has 6 rings (SSSR count). The van der Waals surface area contributed by atoms with Gasteiger partial charge in [0.2, 0.25) is 11.8 Å². The summed E-state index contributed by atoms with van der Waals surface area (Å²) in [5.74, 6) is -4.37. The van der Waals surface area contributed by atoms with Gasteiger partial charge < -0.3 is 34.4 Å². The lowest BCUT2D eigenvalue weighted by atomic mass is 9.74. The largest absolute Gasteiger partial charge is 0.455 e. The molecule has 4 heterocycles. The predicted molar refractivity (Wildman–Crippen MR) is 186 cm³/mol. The number of fused-ring (bicyclic) bond motifs is 2. The Bertz CT molecular complexity index is 1660. The summed E-state index contributed by atoms with van der Waals surface area (Å²) in [7, 11) is 1.50. The van der Waals surface area contributed by atoms with E-state index < -0.39 is 72.2 Å². The van der Waals surface area contributed by atoms with Crippen LogP contribution in [0.15, 0.2) is 72.8 Å². The summed E-state index contributed by atoms with van der Waals surface area (Å²) < 4.78 is 18.4. The zero-order chi connectivity index (χ0) is 35.7. The first-order valence-corrected chi connectivity index (χ1v) is 17.5. The van der Waals surface area contributed by atoms with Crippen molar-refractivity contribution >= 4 is 41.0 Å². The molecule has 0 aromatic heterocycles. The van der Waals surface area contributed by atoms with E-state index in [1.807, 2.05) is 51.1 Å². The first kappa shape index (κ1) is 35.8. The maximum Gasteiger partial charge on any atom is 0.313 e. The quantitative estimate of drug-likeness (QED) is 0.327. The van der Waals surface area contributed by atoms with E-state index in [9.17, 15) is 19.5 Å². The van der Waals surface area contributed by atoms with Crippen LogP contribution in [0.5, 0.6) is 0 Å². The summed E-state index contributed by atoms with van der Waals surface area (Å²) in [6.45, 7) is 5.31. The van der Waals surface area contributed by atoms with Crippen LogP contribution in [-0.2, 0) is 33.4 Å². The molecule has 0 radical (unpaired) electrons. The van der Waals surface area contributed by atoms with Gasteiger partial charge in [-0.3, -0.25) is 19.2 Å². The predicted octanol–water partition coefficient (Wildman–Crippen LogP) is 3.91. The Balaban J connectivity index is 1.51. The molecule has 2 aromatic rings. The molecule has 0 saturated carbocycles. The smallest absolute Gasteiger partial charge is 0.313 e. The van der Waals surface area contributed by atoms with Gasteiger partial charge in [0.05, 0.1) is 48.0 Å². The number of carbonyl (C=O) groups is 4. The number of aryl methyl sites for hydroxylation is 1. The summed E-state index contributed by atoms with van der Waals surface area (Å²) in [6, 6.07) is 11.7. The Labute approximate surface area is 297 Å². The van der Waals surface area contributed by atoms with Crippen molar-refractivity contribution in [2.24, 2.45) is 17.8 Å². The van der Waals surface area contributed by atoms with Gasteiger partial charge in [-0.2, -0.15) is 0 Å². The fourth-order valence-electron chi connectivity index (χ4n) is 7.94. The van der Waals surface area contributed by atoms with E-state index in [0.717, 1.165) is 5.56 Å². The topological polar surface area (TPSA) is 135 Å². The second-order valence-electron chi connectivity index (χ2n) is 13.7. The Hall–Kier alpha value is -4.03. The van der Waals surface area contributed by atoms with Gasteiger partial charge in [0.1, 0.15) is 23.7 Å². The standard InChI is InChI=1S/C38H44ClN3O8/c1-22(2)27(20-43)42-34-36(46)41(32-23(3)12-11-15-25(32)39)19-10-6-9-16-29(44)40-26(21-48-4)33(24-13-7-5-8-14-24)49-37(47)30-28-17-18-38(34,50-28)31(30)35(42)45/h5-8,10-15,17-18,22,26-28,30-31,33-34,43H,9,16,19-21H2,1-4H3,(H,40,44)/b10-6-/t26-,27-,28+,30-,31-,33-,34+,38-/m0/s1. The first-order valence-electron chi connectivity index (χ1n) is 17.1. The number of hydrogen-bond acceptors (Lipinski definition) is 8. The number of nitrogens with zero attached hydrogens (tertiary/aromatic N) is 2. The summed E-state index contributed by atoms with van der Waals surface area (Å²) in [6.07, 6.45) is 5.76. The lowest BCUT2D eigenvalue weighted by molar-refractivity contribution is -0.162. The molecule has 266 valence electrons. The van der Waals surface area contributed by atoms with Crippen LogP contribution in [0.3, 0.4) is 0 Å². The molecule has 8 atom stereocenters. The van der Waals surface area contributed by atoms with Crippen LogP contribution >= 0.6 is 11.6 Å². The number of carbonyl (C=O) groups excluding carboxylic acids is 4. The first-order chi connectivity index (χ1) is 24.0. The number of methoxy groups -OCH3 is 1. The molecule has 50 heavy (non-hydrogen) atoms. The molecule has 1 spiro atoms. The number of aliphatic hydroxyl groups is 1. The zero-order valence-electron chi connectivity index (χ0n) is 28.7. The Morgan fingerprint density at radius 1 is 1.06 bits per heavy atom. The molecule has 2 N–H and O–H groups in total. The van der Waals surface area contributed by atoms with Crippen molar-refractivity contribution in [3.05, 3.63) is 89.0 Å². The van der Waals surface area contributed by atoms with E-state index in [2.05, 4.69) is 5.32 Å². The van der Waals surface area contributed by atoms with E-state index in [1.54, 1.807) is 42.5 Å². The maximum atomic E-state index is 15.2. The van der Waals surface area contributed by atoms with Crippen LogP contribution < -0.4 is 10.2 Å². The van der Waals surface area contributed by atoms with E-state index in [0.29, 0.717) is 22.7 Å². The van der Waals surface area contributed by atoms with Gasteiger partial charge in [-0.25, -0.2) is 0 Å². The average Bonchev–Trinajstić information content (AvgIpc) is 3.73.